The molecule has 0 unspecified atom stereocenters. The maximum atomic E-state index is 10.4. The normalized spacial score (nSPS) is 13.9. The maximum absolute atomic E-state index is 10.4. The van der Waals surface area contributed by atoms with Crippen LogP contribution in [0.25, 0.3) is 0 Å². The Labute approximate surface area is 118 Å². The van der Waals surface area contributed by atoms with Gasteiger partial charge in [0.2, 0.25) is 0 Å². The number of hydrogen-bond acceptors (Lipinski definition) is 6. The molecule has 0 aromatic heterocycles. The molecule has 0 aromatic carbocycles. The fraction of sp³-hybridized carbons (Fsp3) is 0.750. The molecule has 0 saturated carbocycles. The third-order valence-electron chi connectivity index (χ3n) is 1.94. The van der Waals surface area contributed by atoms with Crippen LogP contribution in [0.15, 0.2) is 0 Å². The number of carboxylic acid groups (broad SMARTS) is 2. The summed E-state index contributed by atoms with van der Waals surface area (Å²) in [5.74, 6) is -1.73. The predicted octanol–water partition coefficient (Wildman–Crippen LogP) is 0.332. The number of carbonyl (C=O) groups excluding carboxylic acids is 1. The molecule has 0 bridgehead atoms. The number of rotatable bonds is 3. The van der Waals surface area contributed by atoms with E-state index in [1.807, 2.05) is 0 Å². The fourth-order valence-corrected chi connectivity index (χ4v) is 0.917. The fourth-order valence-electron chi connectivity index (χ4n) is 0.917. The van der Waals surface area contributed by atoms with Gasteiger partial charge in [0.25, 0.3) is 0 Å². The zero-order chi connectivity index (χ0) is 16.0. The zero-order valence-electron chi connectivity index (χ0n) is 12.2. The number of hydrogen-bond donors (Lipinski definition) is 3. The van der Waals surface area contributed by atoms with Crippen LogP contribution in [0.1, 0.15) is 33.6 Å². The Balaban J connectivity index is 0. The van der Waals surface area contributed by atoms with Crippen LogP contribution in [0.2, 0.25) is 0 Å². The van der Waals surface area contributed by atoms with Crippen LogP contribution in [-0.2, 0) is 19.2 Å². The van der Waals surface area contributed by atoms with Gasteiger partial charge in [-0.1, -0.05) is 13.8 Å². The summed E-state index contributed by atoms with van der Waals surface area (Å²) in [6.45, 7) is 7.99. The van der Waals surface area contributed by atoms with E-state index in [2.05, 4.69) is 5.32 Å². The molecule has 20 heavy (non-hydrogen) atoms. The van der Waals surface area contributed by atoms with Gasteiger partial charge in [0, 0.05) is 45.9 Å². The van der Waals surface area contributed by atoms with Crippen molar-refractivity contribution in [3.05, 3.63) is 0 Å². The molecule has 3 N–H and O–H groups in total. The van der Waals surface area contributed by atoms with Gasteiger partial charge in [-0.05, 0) is 0 Å². The second-order valence-electron chi connectivity index (χ2n) is 3.76. The van der Waals surface area contributed by atoms with Gasteiger partial charge in [0.15, 0.2) is 0 Å². The molecular formula is C12H24N2O6. The molecule has 0 aliphatic carbocycles. The lowest BCUT2D eigenvalue weighted by molar-refractivity contribution is -0.189. The first-order valence-corrected chi connectivity index (χ1v) is 6.41. The summed E-state index contributed by atoms with van der Waals surface area (Å²) < 4.78 is 0. The number of carboxylic acids is 2. The van der Waals surface area contributed by atoms with Crippen LogP contribution >= 0.6 is 0 Å². The van der Waals surface area contributed by atoms with Gasteiger partial charge in [-0.25, -0.2) is 0 Å². The first-order valence-electron chi connectivity index (χ1n) is 6.41. The van der Waals surface area contributed by atoms with E-state index in [-0.39, 0.29) is 18.8 Å². The highest BCUT2D eigenvalue weighted by molar-refractivity contribution is 5.66. The molecule has 0 spiro atoms. The Morgan fingerprint density at radius 2 is 1.40 bits per heavy atom. The van der Waals surface area contributed by atoms with Crippen LogP contribution < -0.4 is 5.32 Å². The van der Waals surface area contributed by atoms with Crippen molar-refractivity contribution in [2.75, 3.05) is 26.2 Å². The van der Waals surface area contributed by atoms with Crippen molar-refractivity contribution in [2.45, 2.75) is 33.6 Å². The molecule has 118 valence electrons. The first kappa shape index (κ1) is 20.6. The third kappa shape index (κ3) is 18.7. The van der Waals surface area contributed by atoms with E-state index in [9.17, 15) is 14.4 Å². The van der Waals surface area contributed by atoms with Gasteiger partial charge in [0.1, 0.15) is 0 Å². The van der Waals surface area contributed by atoms with E-state index in [1.165, 1.54) is 6.92 Å². The molecule has 1 heterocycles. The van der Waals surface area contributed by atoms with Gasteiger partial charge < -0.3 is 20.4 Å². The molecule has 8 heteroatoms. The van der Waals surface area contributed by atoms with Gasteiger partial charge in [0.05, 0.1) is 0 Å². The Hall–Kier alpha value is -1.67. The molecule has 1 rings (SSSR count). The summed E-state index contributed by atoms with van der Waals surface area (Å²) in [6.07, 6.45) is 0.444. The average molecular weight is 292 g/mol. The molecule has 1 fully saturated rings. The Kier molecular flexibility index (Phi) is 14.2. The van der Waals surface area contributed by atoms with Gasteiger partial charge in [-0.2, -0.15) is 0 Å². The molecule has 1 aliphatic rings. The van der Waals surface area contributed by atoms with Crippen LogP contribution in [-0.4, -0.2) is 59.4 Å². The zero-order valence-corrected chi connectivity index (χ0v) is 12.2. The Morgan fingerprint density at radius 3 is 1.65 bits per heavy atom. The molecule has 1 saturated heterocycles. The molecule has 0 aromatic rings. The minimum atomic E-state index is -0.745. The monoisotopic (exact) mass is 292 g/mol. The van der Waals surface area contributed by atoms with Crippen molar-refractivity contribution < 1.29 is 29.4 Å². The summed E-state index contributed by atoms with van der Waals surface area (Å²) in [4.78, 5) is 34.0. The van der Waals surface area contributed by atoms with Crippen LogP contribution in [0, 0.1) is 0 Å². The van der Waals surface area contributed by atoms with Crippen molar-refractivity contribution in [3.8, 4) is 0 Å². The number of hydroxylamine groups is 2. The molecule has 8 nitrogen and oxygen atoms in total. The van der Waals surface area contributed by atoms with Crippen molar-refractivity contribution >= 4 is 17.9 Å². The third-order valence-corrected chi connectivity index (χ3v) is 1.94. The second kappa shape index (κ2) is 13.8. The SMILES string of the molecule is CC(=O)ON1CCNCC1.CCC(=O)O.CCC(=O)O. The van der Waals surface area contributed by atoms with Crippen molar-refractivity contribution in [2.24, 2.45) is 0 Å². The Morgan fingerprint density at radius 1 is 1.05 bits per heavy atom. The lowest BCUT2D eigenvalue weighted by Gasteiger charge is -2.24. The lowest BCUT2D eigenvalue weighted by atomic mass is 10.4. The lowest BCUT2D eigenvalue weighted by Crippen LogP contribution is -2.43. The van der Waals surface area contributed by atoms with E-state index >= 15 is 0 Å². The topological polar surface area (TPSA) is 116 Å². The van der Waals surface area contributed by atoms with E-state index in [0.717, 1.165) is 26.2 Å². The average Bonchev–Trinajstić information content (AvgIpc) is 2.40. The second-order valence-corrected chi connectivity index (χ2v) is 3.76. The summed E-state index contributed by atoms with van der Waals surface area (Å²) in [5.41, 5.74) is 0. The number of aliphatic carboxylic acids is 2. The molecule has 0 amide bonds. The van der Waals surface area contributed by atoms with Crippen molar-refractivity contribution in [1.29, 1.82) is 0 Å². The summed E-state index contributed by atoms with van der Waals surface area (Å²) in [5, 5.41) is 20.3. The minimum absolute atomic E-state index is 0.222. The van der Waals surface area contributed by atoms with Gasteiger partial charge >= 0.3 is 17.9 Å². The Bertz CT molecular complexity index is 276. The van der Waals surface area contributed by atoms with E-state index < -0.39 is 11.9 Å². The van der Waals surface area contributed by atoms with Crippen LogP contribution in [0.5, 0.6) is 0 Å². The molecule has 0 atom stereocenters. The molecule has 1 aliphatic heterocycles. The maximum Gasteiger partial charge on any atom is 0.322 e. The number of carbonyl (C=O) groups is 3. The van der Waals surface area contributed by atoms with Gasteiger partial charge in [-0.3, -0.25) is 14.4 Å². The number of nitrogens with one attached hydrogen (secondary N) is 1. The van der Waals surface area contributed by atoms with Crippen LogP contribution in [0.3, 0.4) is 0 Å². The summed E-state index contributed by atoms with van der Waals surface area (Å²) in [7, 11) is 0. The first-order chi connectivity index (χ1) is 9.33. The standard InChI is InChI=1S/C6H12N2O2.2C3H6O2/c1-6(9)10-8-4-2-7-3-5-8;2*1-2-3(4)5/h7H,2-5H2,1H3;2*2H2,1H3,(H,4,5). The van der Waals surface area contributed by atoms with Crippen molar-refractivity contribution in [3.63, 3.8) is 0 Å². The number of piperazine rings is 1. The summed E-state index contributed by atoms with van der Waals surface area (Å²) >= 11 is 0. The minimum Gasteiger partial charge on any atom is -0.481 e. The van der Waals surface area contributed by atoms with Crippen LogP contribution in [0.4, 0.5) is 0 Å². The summed E-state index contributed by atoms with van der Waals surface area (Å²) in [6, 6.07) is 0. The molecule has 0 radical (unpaired) electrons. The highest BCUT2D eigenvalue weighted by Crippen LogP contribution is 1.92. The van der Waals surface area contributed by atoms with Crippen molar-refractivity contribution in [1.82, 2.24) is 10.4 Å². The predicted molar refractivity (Wildman–Crippen MR) is 72.1 cm³/mol. The highest BCUT2D eigenvalue weighted by Gasteiger charge is 2.11. The molecular weight excluding hydrogens is 268 g/mol. The van der Waals surface area contributed by atoms with E-state index in [1.54, 1.807) is 18.9 Å². The van der Waals surface area contributed by atoms with E-state index in [4.69, 9.17) is 15.1 Å². The highest BCUT2D eigenvalue weighted by atomic mass is 16.7. The van der Waals surface area contributed by atoms with E-state index in [0.29, 0.717) is 0 Å². The smallest absolute Gasteiger partial charge is 0.322 e. The quantitative estimate of drug-likeness (QED) is 0.681. The van der Waals surface area contributed by atoms with Gasteiger partial charge in [-0.15, -0.1) is 5.06 Å². The number of nitrogens with zero attached hydrogens (tertiary/aromatic N) is 1. The largest absolute Gasteiger partial charge is 0.481 e.